The van der Waals surface area contributed by atoms with E-state index in [1.807, 2.05) is 12.1 Å². The summed E-state index contributed by atoms with van der Waals surface area (Å²) in [4.78, 5) is 12.0. The van der Waals surface area contributed by atoms with Crippen LogP contribution in [0.25, 0.3) is 11.0 Å². The highest BCUT2D eigenvalue weighted by molar-refractivity contribution is 9.10. The van der Waals surface area contributed by atoms with Crippen LogP contribution < -0.4 is 5.69 Å². The Morgan fingerprint density at radius 3 is 2.10 bits per heavy atom. The summed E-state index contributed by atoms with van der Waals surface area (Å²) in [5, 5.41) is -0.0796. The maximum atomic E-state index is 12.0. The number of aryl methyl sites for hydroxylation is 2. The van der Waals surface area contributed by atoms with Crippen LogP contribution in [0.15, 0.2) is 21.4 Å². The number of aromatic nitrogens is 2. The molecule has 0 aliphatic carbocycles. The van der Waals surface area contributed by atoms with Crippen molar-refractivity contribution in [2.45, 2.75) is 26.1 Å². The summed E-state index contributed by atoms with van der Waals surface area (Å²) in [6, 6.07) is 4.01. The van der Waals surface area contributed by atoms with Gasteiger partial charge in [-0.25, -0.2) is 4.79 Å². The molecule has 1 aromatic carbocycles. The summed E-state index contributed by atoms with van der Waals surface area (Å²) >= 11 is 10.2. The minimum atomic E-state index is -0.0796. The Morgan fingerprint density at radius 2 is 1.60 bits per heavy atom. The highest BCUT2D eigenvalue weighted by atomic mass is 79.9. The van der Waals surface area contributed by atoms with Crippen molar-refractivity contribution >= 4 is 38.6 Å². The molecule has 0 spiro atoms. The van der Waals surface area contributed by atoms with Crippen LogP contribution in [0, 0.1) is 11.8 Å². The molecule has 0 radical (unpaired) electrons. The number of alkyl halides is 1. The van der Waals surface area contributed by atoms with Crippen molar-refractivity contribution in [3.05, 3.63) is 32.7 Å². The second-order valence-corrected chi connectivity index (χ2v) is 7.09. The van der Waals surface area contributed by atoms with Gasteiger partial charge in [0.25, 0.3) is 0 Å². The molecule has 1 aromatic heterocycles. The number of nitrogens with zero attached hydrogens (tertiary/aromatic N) is 2. The number of fused-ring (bicyclic) bond motifs is 1. The molecular formula is C15H20BrClN2O. The van der Waals surface area contributed by atoms with E-state index in [1.54, 1.807) is 23.2 Å². The van der Waals surface area contributed by atoms with E-state index < -0.39 is 0 Å². The molecule has 0 fully saturated rings. The molecule has 2 rings (SSSR count). The third-order valence-corrected chi connectivity index (χ3v) is 5.52. The van der Waals surface area contributed by atoms with Gasteiger partial charge in [-0.1, -0.05) is 36.7 Å². The predicted octanol–water partition coefficient (Wildman–Crippen LogP) is 4.21. The molecule has 2 atom stereocenters. The van der Waals surface area contributed by atoms with Crippen LogP contribution >= 0.6 is 27.5 Å². The van der Waals surface area contributed by atoms with E-state index in [-0.39, 0.29) is 11.1 Å². The topological polar surface area (TPSA) is 26.9 Å². The fourth-order valence-corrected chi connectivity index (χ4v) is 3.55. The lowest BCUT2D eigenvalue weighted by molar-refractivity contribution is 0.406. The molecule has 0 amide bonds. The monoisotopic (exact) mass is 358 g/mol. The molecule has 0 saturated heterocycles. The van der Waals surface area contributed by atoms with Gasteiger partial charge in [-0.05, 0) is 29.5 Å². The molecule has 0 aliphatic rings. The highest BCUT2D eigenvalue weighted by Gasteiger charge is 2.23. The van der Waals surface area contributed by atoms with Crippen molar-refractivity contribution in [2.75, 3.05) is 0 Å². The zero-order valence-corrected chi connectivity index (χ0v) is 14.8. The fraction of sp³-hybridized carbons (Fsp3) is 0.533. The fourth-order valence-electron chi connectivity index (χ4n) is 2.37. The highest BCUT2D eigenvalue weighted by Crippen LogP contribution is 2.38. The second-order valence-electron chi connectivity index (χ2n) is 5.77. The summed E-state index contributed by atoms with van der Waals surface area (Å²) in [6.07, 6.45) is 0. The minimum absolute atomic E-state index is 0.0212. The first kappa shape index (κ1) is 15.6. The number of imidazole rings is 1. The Kier molecular flexibility index (Phi) is 4.35. The molecule has 1 heterocycles. The summed E-state index contributed by atoms with van der Waals surface area (Å²) in [6.45, 7) is 6.50. The van der Waals surface area contributed by atoms with Crippen molar-refractivity contribution in [1.82, 2.24) is 9.13 Å². The first-order chi connectivity index (χ1) is 9.25. The van der Waals surface area contributed by atoms with Gasteiger partial charge in [-0.2, -0.15) is 0 Å². The SMILES string of the molecule is CC(C)C(C)C(Cl)c1cc2c(cc1Br)n(C)c(=O)n2C. The van der Waals surface area contributed by atoms with E-state index in [2.05, 4.69) is 36.7 Å². The van der Waals surface area contributed by atoms with Gasteiger partial charge in [0.1, 0.15) is 0 Å². The summed E-state index contributed by atoms with van der Waals surface area (Å²) in [7, 11) is 3.57. The van der Waals surface area contributed by atoms with Crippen molar-refractivity contribution in [2.24, 2.45) is 25.9 Å². The first-order valence-electron chi connectivity index (χ1n) is 6.74. The third kappa shape index (κ3) is 2.44. The Bertz CT molecular complexity index is 702. The molecule has 2 unspecified atom stereocenters. The number of rotatable bonds is 3. The summed E-state index contributed by atoms with van der Waals surface area (Å²) in [5.41, 5.74) is 2.85. The van der Waals surface area contributed by atoms with Gasteiger partial charge in [0, 0.05) is 18.6 Å². The van der Waals surface area contributed by atoms with E-state index >= 15 is 0 Å². The number of hydrogen-bond acceptors (Lipinski definition) is 1. The van der Waals surface area contributed by atoms with Gasteiger partial charge in [-0.3, -0.25) is 9.13 Å². The van der Waals surface area contributed by atoms with Crippen molar-refractivity contribution < 1.29 is 0 Å². The van der Waals surface area contributed by atoms with E-state index in [4.69, 9.17) is 11.6 Å². The largest absolute Gasteiger partial charge is 0.328 e. The molecule has 0 bridgehead atoms. The first-order valence-corrected chi connectivity index (χ1v) is 7.97. The Morgan fingerprint density at radius 1 is 1.10 bits per heavy atom. The summed E-state index contributed by atoms with van der Waals surface area (Å²) in [5.74, 6) is 0.853. The van der Waals surface area contributed by atoms with Gasteiger partial charge in [0.2, 0.25) is 0 Å². The van der Waals surface area contributed by atoms with Crippen LogP contribution in [-0.2, 0) is 14.1 Å². The third-order valence-electron chi connectivity index (χ3n) is 4.20. The zero-order valence-electron chi connectivity index (χ0n) is 12.4. The summed E-state index contributed by atoms with van der Waals surface area (Å²) < 4.78 is 4.27. The standard InChI is InChI=1S/C15H20BrClN2O/c1-8(2)9(3)14(17)10-6-12-13(7-11(10)16)19(5)15(20)18(12)4/h6-9,14H,1-5H3. The second kappa shape index (κ2) is 5.57. The number of benzene rings is 1. The average molecular weight is 360 g/mol. The van der Waals surface area contributed by atoms with Crippen LogP contribution in [0.3, 0.4) is 0 Å². The molecule has 2 aromatic rings. The van der Waals surface area contributed by atoms with E-state index in [0.717, 1.165) is 21.1 Å². The van der Waals surface area contributed by atoms with E-state index in [1.165, 1.54) is 0 Å². The molecule has 0 aliphatic heterocycles. The molecule has 110 valence electrons. The number of hydrogen-bond donors (Lipinski definition) is 0. The zero-order chi connectivity index (χ0) is 15.2. The molecule has 0 N–H and O–H groups in total. The van der Waals surface area contributed by atoms with Crippen LogP contribution in [0.1, 0.15) is 31.7 Å². The molecule has 5 heteroatoms. The number of halogens is 2. The minimum Gasteiger partial charge on any atom is -0.295 e. The van der Waals surface area contributed by atoms with Gasteiger partial charge in [0.15, 0.2) is 0 Å². The van der Waals surface area contributed by atoms with Crippen molar-refractivity contribution in [3.8, 4) is 0 Å². The van der Waals surface area contributed by atoms with Crippen LogP contribution in [-0.4, -0.2) is 9.13 Å². The lowest BCUT2D eigenvalue weighted by atomic mass is 9.90. The van der Waals surface area contributed by atoms with Gasteiger partial charge in [-0.15, -0.1) is 11.6 Å². The van der Waals surface area contributed by atoms with Crippen LogP contribution in [0.5, 0.6) is 0 Å². The van der Waals surface area contributed by atoms with Crippen LogP contribution in [0.4, 0.5) is 0 Å². The van der Waals surface area contributed by atoms with Crippen molar-refractivity contribution in [3.63, 3.8) is 0 Å². The van der Waals surface area contributed by atoms with Gasteiger partial charge < -0.3 is 0 Å². The van der Waals surface area contributed by atoms with E-state index in [0.29, 0.717) is 11.8 Å². The maximum absolute atomic E-state index is 12.0. The maximum Gasteiger partial charge on any atom is 0.328 e. The quantitative estimate of drug-likeness (QED) is 0.754. The molecule has 0 saturated carbocycles. The molecule has 20 heavy (non-hydrogen) atoms. The van der Waals surface area contributed by atoms with Crippen molar-refractivity contribution in [1.29, 1.82) is 0 Å². The Balaban J connectivity index is 2.64. The Hall–Kier alpha value is -0.740. The van der Waals surface area contributed by atoms with E-state index in [9.17, 15) is 4.79 Å². The smallest absolute Gasteiger partial charge is 0.295 e. The van der Waals surface area contributed by atoms with Crippen LogP contribution in [0.2, 0.25) is 0 Å². The van der Waals surface area contributed by atoms with Gasteiger partial charge >= 0.3 is 5.69 Å². The van der Waals surface area contributed by atoms with Gasteiger partial charge in [0.05, 0.1) is 16.4 Å². The lowest BCUT2D eigenvalue weighted by Gasteiger charge is -2.23. The lowest BCUT2D eigenvalue weighted by Crippen LogP contribution is -2.19. The molecule has 3 nitrogen and oxygen atoms in total. The predicted molar refractivity (Wildman–Crippen MR) is 88.5 cm³/mol. The Labute approximate surface area is 132 Å². The average Bonchev–Trinajstić information content (AvgIpc) is 2.61. The molecular weight excluding hydrogens is 340 g/mol. The normalized spacial score (nSPS) is 15.0.